The number of anilines is 1. The molecular formula is C18H17N7O2S. The van der Waals surface area contributed by atoms with E-state index in [-0.39, 0.29) is 5.03 Å². The van der Waals surface area contributed by atoms with Gasteiger partial charge in [-0.3, -0.25) is 14.4 Å². The van der Waals surface area contributed by atoms with E-state index < -0.39 is 10.0 Å². The summed E-state index contributed by atoms with van der Waals surface area (Å²) < 4.78 is 29.0. The molecule has 4 rings (SSSR count). The van der Waals surface area contributed by atoms with Gasteiger partial charge >= 0.3 is 10.0 Å². The standard InChI is InChI=1S/C18H17N7O2S/c1-3-12(7-20-2)13-6-16-15(21-8-13)9-23-25(16)28(26,27)18-10-22-17-5-4-14(19)11-24(17)18/h3-11H,19H2,1-2H3. The fraction of sp³-hybridized carbons (Fsp3) is 0.111. The highest BCUT2D eigenvalue weighted by Gasteiger charge is 2.25. The summed E-state index contributed by atoms with van der Waals surface area (Å²) in [4.78, 5) is 12.5. The second kappa shape index (κ2) is 6.57. The number of imidazole rings is 1. The molecule has 0 radical (unpaired) electrons. The van der Waals surface area contributed by atoms with E-state index >= 15 is 0 Å². The topological polar surface area (TPSA) is 121 Å². The van der Waals surface area contributed by atoms with Crippen LogP contribution >= 0.6 is 0 Å². The summed E-state index contributed by atoms with van der Waals surface area (Å²) in [6, 6.07) is 5.03. The van der Waals surface area contributed by atoms with E-state index in [0.717, 1.165) is 15.2 Å². The molecule has 0 unspecified atom stereocenters. The average molecular weight is 395 g/mol. The highest BCUT2D eigenvalue weighted by Crippen LogP contribution is 2.23. The number of nitrogens with two attached hydrogens (primary N) is 1. The summed E-state index contributed by atoms with van der Waals surface area (Å²) in [5.41, 5.74) is 9.09. The first kappa shape index (κ1) is 17.9. The van der Waals surface area contributed by atoms with Crippen LogP contribution in [-0.2, 0) is 10.0 Å². The Morgan fingerprint density at radius 2 is 2.04 bits per heavy atom. The van der Waals surface area contributed by atoms with Crippen LogP contribution in [0.15, 0.2) is 59.1 Å². The maximum Gasteiger partial charge on any atom is 0.301 e. The third-order valence-electron chi connectivity index (χ3n) is 4.29. The van der Waals surface area contributed by atoms with Gasteiger partial charge in [-0.1, -0.05) is 6.08 Å². The Morgan fingerprint density at radius 3 is 2.79 bits per heavy atom. The zero-order valence-electron chi connectivity index (χ0n) is 15.2. The fourth-order valence-corrected chi connectivity index (χ4v) is 4.28. The Bertz CT molecular complexity index is 1360. The highest BCUT2D eigenvalue weighted by atomic mass is 32.2. The van der Waals surface area contributed by atoms with Crippen molar-refractivity contribution in [3.8, 4) is 0 Å². The highest BCUT2D eigenvalue weighted by molar-refractivity contribution is 7.90. The quantitative estimate of drug-likeness (QED) is 0.528. The van der Waals surface area contributed by atoms with Crippen molar-refractivity contribution in [1.82, 2.24) is 23.6 Å². The van der Waals surface area contributed by atoms with Crippen molar-refractivity contribution in [3.05, 3.63) is 54.6 Å². The zero-order valence-corrected chi connectivity index (χ0v) is 16.0. The van der Waals surface area contributed by atoms with E-state index in [1.54, 1.807) is 37.7 Å². The van der Waals surface area contributed by atoms with Crippen LogP contribution in [0.25, 0.3) is 22.3 Å². The summed E-state index contributed by atoms with van der Waals surface area (Å²) >= 11 is 0. The van der Waals surface area contributed by atoms with Crippen LogP contribution in [0.2, 0.25) is 0 Å². The van der Waals surface area contributed by atoms with Crippen LogP contribution in [0.1, 0.15) is 12.5 Å². The molecule has 0 atom stereocenters. The van der Waals surface area contributed by atoms with E-state index in [0.29, 0.717) is 22.4 Å². The van der Waals surface area contributed by atoms with Crippen molar-refractivity contribution in [2.24, 2.45) is 4.99 Å². The van der Waals surface area contributed by atoms with Gasteiger partial charge in [0.05, 0.1) is 12.4 Å². The van der Waals surface area contributed by atoms with Crippen LogP contribution < -0.4 is 5.73 Å². The van der Waals surface area contributed by atoms with Gasteiger partial charge in [0, 0.05) is 36.9 Å². The molecule has 0 aromatic carbocycles. The van der Waals surface area contributed by atoms with E-state index in [1.165, 1.54) is 23.0 Å². The molecule has 28 heavy (non-hydrogen) atoms. The predicted octanol–water partition coefficient (Wildman–Crippen LogP) is 2.00. The molecule has 0 saturated heterocycles. The van der Waals surface area contributed by atoms with E-state index in [1.807, 2.05) is 13.0 Å². The first-order valence-corrected chi connectivity index (χ1v) is 9.80. The Kier molecular flexibility index (Phi) is 4.19. The minimum Gasteiger partial charge on any atom is -0.398 e. The molecule has 0 bridgehead atoms. The summed E-state index contributed by atoms with van der Waals surface area (Å²) in [6.45, 7) is 1.87. The average Bonchev–Trinajstić information content (AvgIpc) is 3.29. The number of nitrogens with zero attached hydrogens (tertiary/aromatic N) is 6. The van der Waals surface area contributed by atoms with Gasteiger partial charge in [0.15, 0.2) is 5.03 Å². The molecule has 0 aliphatic rings. The number of nitrogen functional groups attached to an aromatic ring is 1. The molecular weight excluding hydrogens is 378 g/mol. The molecule has 4 aromatic heterocycles. The lowest BCUT2D eigenvalue weighted by molar-refractivity contribution is 0.577. The monoisotopic (exact) mass is 395 g/mol. The lowest BCUT2D eigenvalue weighted by Gasteiger charge is -2.07. The van der Waals surface area contributed by atoms with Crippen LogP contribution in [0.3, 0.4) is 0 Å². The molecule has 142 valence electrons. The number of fused-ring (bicyclic) bond motifs is 2. The minimum absolute atomic E-state index is 0.0356. The first-order valence-electron chi connectivity index (χ1n) is 8.36. The largest absolute Gasteiger partial charge is 0.398 e. The van der Waals surface area contributed by atoms with Gasteiger partial charge in [0.25, 0.3) is 0 Å². The van der Waals surface area contributed by atoms with E-state index in [9.17, 15) is 8.42 Å². The molecule has 0 saturated carbocycles. The summed E-state index contributed by atoms with van der Waals surface area (Å²) in [6.07, 6.45) is 9.43. The first-order chi connectivity index (χ1) is 13.5. The van der Waals surface area contributed by atoms with Crippen LogP contribution in [0.5, 0.6) is 0 Å². The molecule has 9 nitrogen and oxygen atoms in total. The smallest absolute Gasteiger partial charge is 0.301 e. The Hall–Kier alpha value is -3.53. The minimum atomic E-state index is -4.03. The number of aliphatic imine (C=N–C) groups is 1. The maximum absolute atomic E-state index is 13.3. The van der Waals surface area contributed by atoms with E-state index in [2.05, 4.69) is 20.1 Å². The Balaban J connectivity index is 1.93. The van der Waals surface area contributed by atoms with E-state index in [4.69, 9.17) is 5.73 Å². The summed E-state index contributed by atoms with van der Waals surface area (Å²) in [5.74, 6) is 0. The molecule has 10 heteroatoms. The summed E-state index contributed by atoms with van der Waals surface area (Å²) in [5, 5.41) is 4.03. The number of hydrogen-bond donors (Lipinski definition) is 1. The fourth-order valence-electron chi connectivity index (χ4n) is 2.94. The van der Waals surface area contributed by atoms with Gasteiger partial charge in [-0.25, -0.2) is 4.98 Å². The van der Waals surface area contributed by atoms with Crippen LogP contribution in [0.4, 0.5) is 5.69 Å². The molecule has 0 spiro atoms. The van der Waals surface area contributed by atoms with Gasteiger partial charge in [-0.2, -0.15) is 17.6 Å². The second-order valence-electron chi connectivity index (χ2n) is 6.04. The third kappa shape index (κ3) is 2.74. The molecule has 0 amide bonds. The molecule has 0 aliphatic carbocycles. The Labute approximate surface area is 160 Å². The Morgan fingerprint density at radius 1 is 1.21 bits per heavy atom. The number of hydrogen-bond acceptors (Lipinski definition) is 7. The number of rotatable bonds is 4. The van der Waals surface area contributed by atoms with Crippen molar-refractivity contribution in [2.75, 3.05) is 12.8 Å². The van der Waals surface area contributed by atoms with Crippen LogP contribution in [-0.4, -0.2) is 45.2 Å². The van der Waals surface area contributed by atoms with Gasteiger partial charge < -0.3 is 5.73 Å². The summed E-state index contributed by atoms with van der Waals surface area (Å²) in [7, 11) is -2.36. The SMILES string of the molecule is CC=C(C=NC)c1cnc2cnn(S(=O)(=O)c3cnc4ccc(N)cn34)c2c1. The number of allylic oxidation sites excluding steroid dienone is 2. The van der Waals surface area contributed by atoms with Crippen molar-refractivity contribution < 1.29 is 8.42 Å². The molecule has 2 N–H and O–H groups in total. The van der Waals surface area contributed by atoms with Crippen molar-refractivity contribution in [1.29, 1.82) is 0 Å². The van der Waals surface area contributed by atoms with Crippen molar-refractivity contribution in [3.63, 3.8) is 0 Å². The lowest BCUT2D eigenvalue weighted by atomic mass is 10.1. The second-order valence-corrected chi connectivity index (χ2v) is 7.75. The normalized spacial score (nSPS) is 13.1. The maximum atomic E-state index is 13.3. The van der Waals surface area contributed by atoms with Gasteiger partial charge in [-0.05, 0) is 30.7 Å². The predicted molar refractivity (Wildman–Crippen MR) is 108 cm³/mol. The molecule has 4 heterocycles. The van der Waals surface area contributed by atoms with Crippen LogP contribution in [0, 0.1) is 0 Å². The molecule has 0 fully saturated rings. The number of aromatic nitrogens is 5. The van der Waals surface area contributed by atoms with Crippen molar-refractivity contribution in [2.45, 2.75) is 11.9 Å². The van der Waals surface area contributed by atoms with Gasteiger partial charge in [-0.15, -0.1) is 0 Å². The van der Waals surface area contributed by atoms with Crippen molar-refractivity contribution >= 4 is 44.2 Å². The molecule has 0 aliphatic heterocycles. The number of pyridine rings is 2. The van der Waals surface area contributed by atoms with Gasteiger partial charge in [0.2, 0.25) is 0 Å². The third-order valence-corrected chi connectivity index (χ3v) is 5.86. The zero-order chi connectivity index (χ0) is 19.9. The molecule has 4 aromatic rings. The lowest BCUT2D eigenvalue weighted by Crippen LogP contribution is -2.16. The van der Waals surface area contributed by atoms with Gasteiger partial charge in [0.1, 0.15) is 16.7 Å².